The zero-order valence-electron chi connectivity index (χ0n) is 10.2. The fraction of sp³-hybridized carbons (Fsp3) is 0.417. The number of rotatable bonds is 3. The van der Waals surface area contributed by atoms with Gasteiger partial charge in [-0.3, -0.25) is 9.59 Å². The first kappa shape index (κ1) is 13.5. The van der Waals surface area contributed by atoms with Crippen molar-refractivity contribution in [1.82, 2.24) is 4.90 Å². The number of nitrogens with two attached hydrogens (primary N) is 1. The predicted octanol–water partition coefficient (Wildman–Crippen LogP) is 0.926. The molecular formula is C12H14N2O4S. The fourth-order valence-electron chi connectivity index (χ4n) is 2.15. The number of hydrogen-bond donors (Lipinski definition) is 2. The lowest BCUT2D eigenvalue weighted by atomic mass is 10.0. The van der Waals surface area contributed by atoms with Crippen LogP contribution in [0, 0.1) is 0 Å². The monoisotopic (exact) mass is 282 g/mol. The number of likely N-dealkylation sites (tertiary alicyclic amines) is 1. The zero-order valence-corrected chi connectivity index (χ0v) is 11.0. The second kappa shape index (κ2) is 5.40. The first-order chi connectivity index (χ1) is 9.00. The van der Waals surface area contributed by atoms with Gasteiger partial charge in [0.1, 0.15) is 6.04 Å². The van der Waals surface area contributed by atoms with Gasteiger partial charge in [-0.05, 0) is 25.3 Å². The van der Waals surface area contributed by atoms with E-state index in [9.17, 15) is 14.4 Å². The van der Waals surface area contributed by atoms with Gasteiger partial charge in [-0.15, -0.1) is 11.3 Å². The van der Waals surface area contributed by atoms with Gasteiger partial charge in [0.15, 0.2) is 0 Å². The summed E-state index contributed by atoms with van der Waals surface area (Å²) in [5.41, 5.74) is 5.41. The van der Waals surface area contributed by atoms with E-state index in [0.29, 0.717) is 17.8 Å². The molecule has 1 aromatic rings. The van der Waals surface area contributed by atoms with Crippen molar-refractivity contribution in [2.75, 3.05) is 6.54 Å². The summed E-state index contributed by atoms with van der Waals surface area (Å²) < 4.78 is 0. The molecule has 2 amide bonds. The standard InChI is InChI=1S/C12H14N2O4S/c13-10(15)7-5-9(19-6-7)11(16)14-4-2-1-3-8(14)12(17)18/h5-6,8H,1-4H2,(H2,13,15)(H,17,18). The Bertz CT molecular complexity index is 526. The zero-order chi connectivity index (χ0) is 14.0. The van der Waals surface area contributed by atoms with Crippen molar-refractivity contribution in [3.63, 3.8) is 0 Å². The van der Waals surface area contributed by atoms with Crippen LogP contribution in [0.3, 0.4) is 0 Å². The van der Waals surface area contributed by atoms with Crippen molar-refractivity contribution in [1.29, 1.82) is 0 Å². The van der Waals surface area contributed by atoms with E-state index >= 15 is 0 Å². The molecule has 7 heteroatoms. The quantitative estimate of drug-likeness (QED) is 0.861. The summed E-state index contributed by atoms with van der Waals surface area (Å²) >= 11 is 1.11. The second-order valence-electron chi connectivity index (χ2n) is 4.41. The van der Waals surface area contributed by atoms with E-state index in [1.807, 2.05) is 0 Å². The highest BCUT2D eigenvalue weighted by molar-refractivity contribution is 7.12. The van der Waals surface area contributed by atoms with Gasteiger partial charge in [-0.2, -0.15) is 0 Å². The van der Waals surface area contributed by atoms with E-state index in [0.717, 1.165) is 24.2 Å². The van der Waals surface area contributed by atoms with Gasteiger partial charge in [-0.1, -0.05) is 0 Å². The van der Waals surface area contributed by atoms with Gasteiger partial charge in [0.2, 0.25) is 5.91 Å². The maximum Gasteiger partial charge on any atom is 0.326 e. The summed E-state index contributed by atoms with van der Waals surface area (Å²) in [4.78, 5) is 36.1. The van der Waals surface area contributed by atoms with Crippen LogP contribution >= 0.6 is 11.3 Å². The van der Waals surface area contributed by atoms with Crippen LogP contribution in [0.5, 0.6) is 0 Å². The van der Waals surface area contributed by atoms with E-state index in [1.54, 1.807) is 0 Å². The molecule has 19 heavy (non-hydrogen) atoms. The summed E-state index contributed by atoms with van der Waals surface area (Å²) in [6.45, 7) is 0.430. The van der Waals surface area contributed by atoms with Crippen molar-refractivity contribution in [3.8, 4) is 0 Å². The molecule has 1 aliphatic heterocycles. The lowest BCUT2D eigenvalue weighted by Crippen LogP contribution is -2.47. The highest BCUT2D eigenvalue weighted by Crippen LogP contribution is 2.23. The molecule has 1 aromatic heterocycles. The Labute approximate surface area is 113 Å². The predicted molar refractivity (Wildman–Crippen MR) is 69.1 cm³/mol. The molecule has 1 fully saturated rings. The lowest BCUT2D eigenvalue weighted by molar-refractivity contribution is -0.143. The minimum atomic E-state index is -0.986. The molecule has 0 spiro atoms. The molecule has 0 aliphatic carbocycles. The molecule has 1 saturated heterocycles. The van der Waals surface area contributed by atoms with Gasteiger partial charge >= 0.3 is 5.97 Å². The van der Waals surface area contributed by atoms with Gasteiger partial charge in [0.25, 0.3) is 5.91 Å². The Balaban J connectivity index is 2.21. The minimum Gasteiger partial charge on any atom is -0.480 e. The van der Waals surface area contributed by atoms with Gasteiger partial charge in [0.05, 0.1) is 10.4 Å². The third-order valence-electron chi connectivity index (χ3n) is 3.14. The van der Waals surface area contributed by atoms with Crippen molar-refractivity contribution >= 4 is 29.1 Å². The summed E-state index contributed by atoms with van der Waals surface area (Å²) in [6.07, 6.45) is 2.07. The van der Waals surface area contributed by atoms with Crippen LogP contribution in [0.4, 0.5) is 0 Å². The fourth-order valence-corrected chi connectivity index (χ4v) is 3.00. The number of piperidine rings is 1. The van der Waals surface area contributed by atoms with E-state index in [4.69, 9.17) is 10.8 Å². The Morgan fingerprint density at radius 3 is 2.68 bits per heavy atom. The Morgan fingerprint density at radius 1 is 1.37 bits per heavy atom. The van der Waals surface area contributed by atoms with Gasteiger partial charge in [-0.25, -0.2) is 4.79 Å². The van der Waals surface area contributed by atoms with Crippen molar-refractivity contribution in [3.05, 3.63) is 21.9 Å². The van der Waals surface area contributed by atoms with E-state index in [-0.39, 0.29) is 11.5 Å². The van der Waals surface area contributed by atoms with Crippen molar-refractivity contribution in [2.24, 2.45) is 5.73 Å². The number of carboxylic acids is 1. The highest BCUT2D eigenvalue weighted by Gasteiger charge is 2.33. The van der Waals surface area contributed by atoms with Crippen LogP contribution in [0.1, 0.15) is 39.3 Å². The molecule has 6 nitrogen and oxygen atoms in total. The Morgan fingerprint density at radius 2 is 2.11 bits per heavy atom. The lowest BCUT2D eigenvalue weighted by Gasteiger charge is -2.32. The van der Waals surface area contributed by atoms with Crippen LogP contribution in [-0.4, -0.2) is 40.4 Å². The molecule has 0 aromatic carbocycles. The number of carbonyl (C=O) groups is 3. The Kier molecular flexibility index (Phi) is 3.84. The van der Waals surface area contributed by atoms with Crippen molar-refractivity contribution in [2.45, 2.75) is 25.3 Å². The highest BCUT2D eigenvalue weighted by atomic mass is 32.1. The number of amides is 2. The van der Waals surface area contributed by atoms with E-state index in [2.05, 4.69) is 0 Å². The number of carboxylic acid groups (broad SMARTS) is 1. The molecule has 0 radical (unpaired) electrons. The number of thiophene rings is 1. The smallest absolute Gasteiger partial charge is 0.326 e. The largest absolute Gasteiger partial charge is 0.480 e. The number of primary amides is 1. The van der Waals surface area contributed by atoms with Gasteiger partial charge in [0, 0.05) is 11.9 Å². The van der Waals surface area contributed by atoms with Crippen LogP contribution in [0.15, 0.2) is 11.4 Å². The van der Waals surface area contributed by atoms with E-state index in [1.165, 1.54) is 16.3 Å². The average Bonchev–Trinajstić information content (AvgIpc) is 2.87. The first-order valence-electron chi connectivity index (χ1n) is 5.93. The third kappa shape index (κ3) is 2.76. The first-order valence-corrected chi connectivity index (χ1v) is 6.81. The molecular weight excluding hydrogens is 268 g/mol. The molecule has 0 bridgehead atoms. The molecule has 1 atom stereocenters. The maximum absolute atomic E-state index is 12.3. The summed E-state index contributed by atoms with van der Waals surface area (Å²) in [7, 11) is 0. The Hall–Kier alpha value is -1.89. The molecule has 102 valence electrons. The third-order valence-corrected chi connectivity index (χ3v) is 4.06. The number of hydrogen-bond acceptors (Lipinski definition) is 4. The maximum atomic E-state index is 12.3. The molecule has 0 saturated carbocycles. The molecule has 1 unspecified atom stereocenters. The molecule has 2 rings (SSSR count). The van der Waals surface area contributed by atoms with Crippen molar-refractivity contribution < 1.29 is 19.5 Å². The number of aliphatic carboxylic acids is 1. The minimum absolute atomic E-state index is 0.275. The molecule has 1 aliphatic rings. The second-order valence-corrected chi connectivity index (χ2v) is 5.32. The average molecular weight is 282 g/mol. The van der Waals surface area contributed by atoms with E-state index < -0.39 is 17.9 Å². The van der Waals surface area contributed by atoms with Crippen LogP contribution in [0.25, 0.3) is 0 Å². The molecule has 2 heterocycles. The molecule has 3 N–H and O–H groups in total. The van der Waals surface area contributed by atoms with Crippen LogP contribution < -0.4 is 5.73 Å². The van der Waals surface area contributed by atoms with Crippen LogP contribution in [0.2, 0.25) is 0 Å². The van der Waals surface area contributed by atoms with Crippen LogP contribution in [-0.2, 0) is 4.79 Å². The SMILES string of the molecule is NC(=O)c1csc(C(=O)N2CCCCC2C(=O)O)c1. The summed E-state index contributed by atoms with van der Waals surface area (Å²) in [6, 6.07) is 0.642. The normalized spacial score (nSPS) is 19.2. The topological polar surface area (TPSA) is 101 Å². The van der Waals surface area contributed by atoms with Gasteiger partial charge < -0.3 is 15.7 Å². The number of nitrogens with zero attached hydrogens (tertiary/aromatic N) is 1. The summed E-state index contributed by atoms with van der Waals surface area (Å²) in [5, 5.41) is 10.6. The number of carbonyl (C=O) groups excluding carboxylic acids is 2. The summed E-state index contributed by atoms with van der Waals surface area (Å²) in [5.74, 6) is -1.92.